The van der Waals surface area contributed by atoms with Gasteiger partial charge in [-0.1, -0.05) is 0 Å². The van der Waals surface area contributed by atoms with Crippen LogP contribution in [0, 0.1) is 0 Å². The number of carbonyl (C=O) groups excluding carboxylic acids is 1. The molecule has 1 aromatic rings. The number of amides is 1. The molecule has 7 heteroatoms. The number of carbonyl (C=O) groups is 1. The van der Waals surface area contributed by atoms with Gasteiger partial charge in [-0.05, 0) is 35.8 Å². The first-order valence-electron chi connectivity index (χ1n) is 4.86. The Morgan fingerprint density at radius 1 is 1.53 bits per heavy atom. The first-order valence-corrected chi connectivity index (χ1v) is 7.54. The van der Waals surface area contributed by atoms with Gasteiger partial charge in [0, 0.05) is 12.8 Å². The predicted octanol–water partition coefficient (Wildman–Crippen LogP) is 1.60. The van der Waals surface area contributed by atoms with E-state index >= 15 is 0 Å². The van der Waals surface area contributed by atoms with E-state index in [4.69, 9.17) is 4.42 Å². The summed E-state index contributed by atoms with van der Waals surface area (Å²) < 4.78 is 27.1. The first-order chi connectivity index (χ1) is 7.65. The standard InChI is InChI=1S/C10H14BrNO4S/c1-10(2,17(3,14)15)6-12-9(13)7-4-5-16-8(7)11/h4-5H,6H2,1-3H3,(H,12,13). The Kier molecular flexibility index (Phi) is 4.03. The zero-order valence-corrected chi connectivity index (χ0v) is 12.2. The molecule has 5 nitrogen and oxygen atoms in total. The Balaban J connectivity index is 2.71. The lowest BCUT2D eigenvalue weighted by atomic mass is 10.2. The highest BCUT2D eigenvalue weighted by Gasteiger charge is 2.30. The van der Waals surface area contributed by atoms with Crippen LogP contribution in [0.1, 0.15) is 24.2 Å². The molecule has 0 aromatic carbocycles. The number of nitrogens with one attached hydrogen (secondary N) is 1. The van der Waals surface area contributed by atoms with Crippen LogP contribution in [-0.4, -0.2) is 31.9 Å². The van der Waals surface area contributed by atoms with Gasteiger partial charge < -0.3 is 9.73 Å². The van der Waals surface area contributed by atoms with E-state index in [0.717, 1.165) is 6.26 Å². The summed E-state index contributed by atoms with van der Waals surface area (Å²) in [5, 5.41) is 2.56. The molecule has 0 fully saturated rings. The number of sulfone groups is 1. The molecule has 0 radical (unpaired) electrons. The average Bonchev–Trinajstić information content (AvgIpc) is 2.59. The van der Waals surface area contributed by atoms with E-state index in [2.05, 4.69) is 21.2 Å². The molecule has 0 atom stereocenters. The maximum Gasteiger partial charge on any atom is 0.255 e. The van der Waals surface area contributed by atoms with Crippen LogP contribution in [-0.2, 0) is 9.84 Å². The maximum atomic E-state index is 11.7. The SMILES string of the molecule is CC(C)(CNC(=O)c1ccoc1Br)S(C)(=O)=O. The van der Waals surface area contributed by atoms with Gasteiger partial charge in [0.25, 0.3) is 5.91 Å². The molecule has 0 saturated heterocycles. The topological polar surface area (TPSA) is 76.4 Å². The molecule has 0 saturated carbocycles. The fourth-order valence-electron chi connectivity index (χ4n) is 0.975. The van der Waals surface area contributed by atoms with Crippen molar-refractivity contribution in [3.63, 3.8) is 0 Å². The highest BCUT2D eigenvalue weighted by atomic mass is 79.9. The van der Waals surface area contributed by atoms with Crippen molar-refractivity contribution >= 4 is 31.7 Å². The van der Waals surface area contributed by atoms with Gasteiger partial charge >= 0.3 is 0 Å². The van der Waals surface area contributed by atoms with Crippen LogP contribution in [0.15, 0.2) is 21.4 Å². The smallest absolute Gasteiger partial charge is 0.255 e. The van der Waals surface area contributed by atoms with Crippen LogP contribution >= 0.6 is 15.9 Å². The summed E-state index contributed by atoms with van der Waals surface area (Å²) in [7, 11) is -3.23. The minimum atomic E-state index is -3.23. The molecule has 0 unspecified atom stereocenters. The van der Waals surface area contributed by atoms with Crippen molar-refractivity contribution in [2.75, 3.05) is 12.8 Å². The Hall–Kier alpha value is -0.820. The quantitative estimate of drug-likeness (QED) is 0.913. The minimum Gasteiger partial charge on any atom is -0.457 e. The molecule has 0 bridgehead atoms. The molecule has 1 N–H and O–H groups in total. The average molecular weight is 324 g/mol. The molecule has 1 rings (SSSR count). The van der Waals surface area contributed by atoms with Crippen LogP contribution < -0.4 is 5.32 Å². The Labute approximate surface area is 109 Å². The van der Waals surface area contributed by atoms with Gasteiger partial charge in [-0.25, -0.2) is 8.42 Å². The fourth-order valence-corrected chi connectivity index (χ4v) is 1.73. The third kappa shape index (κ3) is 3.32. The summed E-state index contributed by atoms with van der Waals surface area (Å²) in [6, 6.07) is 1.51. The molecule has 0 aliphatic heterocycles. The van der Waals surface area contributed by atoms with Gasteiger partial charge in [0.15, 0.2) is 14.5 Å². The summed E-state index contributed by atoms with van der Waals surface area (Å²) in [5.41, 5.74) is 0.342. The summed E-state index contributed by atoms with van der Waals surface area (Å²) in [6.07, 6.45) is 2.52. The molecule has 96 valence electrons. The van der Waals surface area contributed by atoms with E-state index in [1.165, 1.54) is 12.3 Å². The van der Waals surface area contributed by atoms with Crippen LogP contribution in [0.25, 0.3) is 0 Å². The fraction of sp³-hybridized carbons (Fsp3) is 0.500. The molecule has 0 aliphatic carbocycles. The highest BCUT2D eigenvalue weighted by molar-refractivity contribution is 9.10. The Morgan fingerprint density at radius 3 is 2.53 bits per heavy atom. The van der Waals surface area contributed by atoms with E-state index in [1.54, 1.807) is 13.8 Å². The Morgan fingerprint density at radius 2 is 2.12 bits per heavy atom. The van der Waals surface area contributed by atoms with Gasteiger partial charge in [0.1, 0.15) is 0 Å². The zero-order valence-electron chi connectivity index (χ0n) is 9.78. The van der Waals surface area contributed by atoms with E-state index in [1.807, 2.05) is 0 Å². The molecule has 1 heterocycles. The number of hydrogen-bond donors (Lipinski definition) is 1. The summed E-state index contributed by atoms with van der Waals surface area (Å²) in [4.78, 5) is 11.7. The van der Waals surface area contributed by atoms with E-state index in [-0.39, 0.29) is 12.5 Å². The third-order valence-corrected chi connectivity index (χ3v) is 5.31. The second-order valence-corrected chi connectivity index (χ2v) is 7.69. The molecular weight excluding hydrogens is 310 g/mol. The van der Waals surface area contributed by atoms with Gasteiger partial charge in [-0.15, -0.1) is 0 Å². The Bertz CT molecular complexity index is 518. The first kappa shape index (κ1) is 14.2. The lowest BCUT2D eigenvalue weighted by Crippen LogP contribution is -2.43. The summed E-state index contributed by atoms with van der Waals surface area (Å²) in [6.45, 7) is 3.17. The number of rotatable bonds is 4. The summed E-state index contributed by atoms with van der Waals surface area (Å²) >= 11 is 3.08. The van der Waals surface area contributed by atoms with Gasteiger partial charge in [-0.2, -0.15) is 0 Å². The summed E-state index contributed by atoms with van der Waals surface area (Å²) in [5.74, 6) is -0.373. The molecule has 1 amide bonds. The van der Waals surface area contributed by atoms with Crippen molar-refractivity contribution in [3.8, 4) is 0 Å². The monoisotopic (exact) mass is 323 g/mol. The second-order valence-electron chi connectivity index (χ2n) is 4.32. The van der Waals surface area contributed by atoms with Crippen LogP contribution in [0.3, 0.4) is 0 Å². The lowest BCUT2D eigenvalue weighted by Gasteiger charge is -2.22. The molecular formula is C10H14BrNO4S. The van der Waals surface area contributed by atoms with Crippen LogP contribution in [0.4, 0.5) is 0 Å². The van der Waals surface area contributed by atoms with Crippen molar-refractivity contribution in [2.45, 2.75) is 18.6 Å². The highest BCUT2D eigenvalue weighted by Crippen LogP contribution is 2.18. The van der Waals surface area contributed by atoms with E-state index in [0.29, 0.717) is 10.2 Å². The van der Waals surface area contributed by atoms with Crippen LogP contribution in [0.2, 0.25) is 0 Å². The maximum absolute atomic E-state index is 11.7. The normalized spacial score (nSPS) is 12.5. The predicted molar refractivity (Wildman–Crippen MR) is 67.7 cm³/mol. The van der Waals surface area contributed by atoms with Gasteiger partial charge in [-0.3, -0.25) is 4.79 Å². The number of hydrogen-bond acceptors (Lipinski definition) is 4. The van der Waals surface area contributed by atoms with Crippen molar-refractivity contribution < 1.29 is 17.6 Å². The number of furan rings is 1. The van der Waals surface area contributed by atoms with Crippen molar-refractivity contribution in [1.29, 1.82) is 0 Å². The van der Waals surface area contributed by atoms with Crippen molar-refractivity contribution in [1.82, 2.24) is 5.32 Å². The van der Waals surface area contributed by atoms with Crippen molar-refractivity contribution in [3.05, 3.63) is 22.6 Å². The van der Waals surface area contributed by atoms with Crippen LogP contribution in [0.5, 0.6) is 0 Å². The number of halogens is 1. The van der Waals surface area contributed by atoms with E-state index < -0.39 is 14.6 Å². The van der Waals surface area contributed by atoms with Gasteiger partial charge in [0.05, 0.1) is 16.6 Å². The molecule has 17 heavy (non-hydrogen) atoms. The van der Waals surface area contributed by atoms with Crippen molar-refractivity contribution in [2.24, 2.45) is 0 Å². The lowest BCUT2D eigenvalue weighted by molar-refractivity contribution is 0.0949. The zero-order chi connectivity index (χ0) is 13.3. The molecule has 0 spiro atoms. The van der Waals surface area contributed by atoms with Gasteiger partial charge in [0.2, 0.25) is 0 Å². The van der Waals surface area contributed by atoms with E-state index in [9.17, 15) is 13.2 Å². The third-order valence-electron chi connectivity index (χ3n) is 2.54. The molecule has 0 aliphatic rings. The minimum absolute atomic E-state index is 0.0439. The second kappa shape index (κ2) is 4.81. The molecule has 1 aromatic heterocycles. The largest absolute Gasteiger partial charge is 0.457 e.